The highest BCUT2D eigenvalue weighted by atomic mass is 16.5. The minimum atomic E-state index is 0.244. The molecule has 1 aliphatic rings. The van der Waals surface area contributed by atoms with Gasteiger partial charge in [-0.05, 0) is 26.2 Å². The molecule has 82 valence electrons. The van der Waals surface area contributed by atoms with Crippen LogP contribution in [0.15, 0.2) is 0 Å². The zero-order chi connectivity index (χ0) is 10.4. The predicted octanol–water partition coefficient (Wildman–Crippen LogP) is 1.94. The molecule has 1 unspecified atom stereocenters. The second kappa shape index (κ2) is 6.14. The van der Waals surface area contributed by atoms with Crippen LogP contribution in [0.4, 0.5) is 0 Å². The summed E-state index contributed by atoms with van der Waals surface area (Å²) < 4.78 is 10.8. The molecule has 0 aromatic carbocycles. The molecule has 3 heteroatoms. The molecule has 0 radical (unpaired) electrons. The van der Waals surface area contributed by atoms with Crippen LogP contribution in [0.3, 0.4) is 0 Å². The highest BCUT2D eigenvalue weighted by molar-refractivity contribution is 5.79. The minimum Gasteiger partial charge on any atom is -0.385 e. The summed E-state index contributed by atoms with van der Waals surface area (Å²) in [4.78, 5) is 11.0. The van der Waals surface area contributed by atoms with Gasteiger partial charge in [-0.3, -0.25) is 4.79 Å². The molecule has 0 N–H and O–H groups in total. The molecule has 0 amide bonds. The number of hydrogen-bond donors (Lipinski definition) is 0. The van der Waals surface area contributed by atoms with Crippen molar-refractivity contribution in [2.45, 2.75) is 51.2 Å². The van der Waals surface area contributed by atoms with Gasteiger partial charge in [-0.25, -0.2) is 0 Å². The van der Waals surface area contributed by atoms with Crippen molar-refractivity contribution in [2.75, 3.05) is 13.7 Å². The molecule has 0 spiro atoms. The molecule has 14 heavy (non-hydrogen) atoms. The lowest BCUT2D eigenvalue weighted by Crippen LogP contribution is -2.26. The van der Waals surface area contributed by atoms with Gasteiger partial charge in [0, 0.05) is 26.6 Å². The Kier molecular flexibility index (Phi) is 5.12. The van der Waals surface area contributed by atoms with E-state index in [9.17, 15) is 4.79 Å². The molecule has 0 bridgehead atoms. The van der Waals surface area contributed by atoms with Gasteiger partial charge >= 0.3 is 0 Å². The van der Waals surface area contributed by atoms with E-state index in [1.807, 2.05) is 0 Å². The van der Waals surface area contributed by atoms with Crippen molar-refractivity contribution in [1.29, 1.82) is 0 Å². The first kappa shape index (κ1) is 11.7. The Morgan fingerprint density at radius 2 is 2.07 bits per heavy atom. The summed E-state index contributed by atoms with van der Waals surface area (Å²) in [6.45, 7) is 2.81. The summed E-state index contributed by atoms with van der Waals surface area (Å²) in [6, 6.07) is 0. The van der Waals surface area contributed by atoms with Crippen molar-refractivity contribution in [1.82, 2.24) is 0 Å². The van der Waals surface area contributed by atoms with E-state index < -0.39 is 0 Å². The van der Waals surface area contributed by atoms with E-state index in [0.29, 0.717) is 24.7 Å². The first-order valence-corrected chi connectivity index (χ1v) is 5.38. The number of carbonyl (C=O) groups is 1. The SMILES string of the molecule is COCCC(C)OC1CCC(=O)CC1. The molecular weight excluding hydrogens is 180 g/mol. The highest BCUT2D eigenvalue weighted by Crippen LogP contribution is 2.19. The number of ether oxygens (including phenoxy) is 2. The first-order valence-electron chi connectivity index (χ1n) is 5.38. The zero-order valence-corrected chi connectivity index (χ0v) is 9.12. The number of rotatable bonds is 5. The molecule has 3 nitrogen and oxygen atoms in total. The van der Waals surface area contributed by atoms with Crippen molar-refractivity contribution in [3.8, 4) is 0 Å². The largest absolute Gasteiger partial charge is 0.385 e. The second-order valence-corrected chi connectivity index (χ2v) is 3.97. The van der Waals surface area contributed by atoms with Crippen LogP contribution in [0, 0.1) is 0 Å². The van der Waals surface area contributed by atoms with Crippen molar-refractivity contribution in [3.63, 3.8) is 0 Å². The van der Waals surface area contributed by atoms with Gasteiger partial charge in [0.05, 0.1) is 12.2 Å². The normalized spacial score (nSPS) is 21.1. The van der Waals surface area contributed by atoms with Gasteiger partial charge < -0.3 is 9.47 Å². The third-order valence-electron chi connectivity index (χ3n) is 2.64. The van der Waals surface area contributed by atoms with E-state index in [-0.39, 0.29) is 6.10 Å². The second-order valence-electron chi connectivity index (χ2n) is 3.97. The maximum Gasteiger partial charge on any atom is 0.133 e. The Morgan fingerprint density at radius 1 is 1.43 bits per heavy atom. The standard InChI is InChI=1S/C11H20O3/c1-9(7-8-13-2)14-11-5-3-10(12)4-6-11/h9,11H,3-8H2,1-2H3. The molecule has 1 atom stereocenters. The summed E-state index contributed by atoms with van der Waals surface area (Å²) in [5.74, 6) is 0.384. The zero-order valence-electron chi connectivity index (χ0n) is 9.12. The summed E-state index contributed by atoms with van der Waals surface area (Å²) in [5, 5.41) is 0. The maximum atomic E-state index is 11.0. The molecule has 1 rings (SSSR count). The van der Waals surface area contributed by atoms with Gasteiger partial charge in [-0.2, -0.15) is 0 Å². The lowest BCUT2D eigenvalue weighted by Gasteiger charge is -2.25. The summed E-state index contributed by atoms with van der Waals surface area (Å²) in [6.07, 6.45) is 4.66. The number of Topliss-reactive ketones (excluding diaryl/α,β-unsaturated/α-hetero) is 1. The molecule has 0 aromatic heterocycles. The number of methoxy groups -OCH3 is 1. The Labute approximate surface area is 85.8 Å². The van der Waals surface area contributed by atoms with Gasteiger partial charge in [0.1, 0.15) is 5.78 Å². The van der Waals surface area contributed by atoms with Crippen molar-refractivity contribution in [2.24, 2.45) is 0 Å². The average molecular weight is 200 g/mol. The lowest BCUT2D eigenvalue weighted by molar-refractivity contribution is -0.124. The van der Waals surface area contributed by atoms with Crippen LogP contribution in [0.5, 0.6) is 0 Å². The van der Waals surface area contributed by atoms with E-state index in [4.69, 9.17) is 9.47 Å². The van der Waals surface area contributed by atoms with Gasteiger partial charge in [-0.15, -0.1) is 0 Å². The van der Waals surface area contributed by atoms with E-state index in [1.165, 1.54) is 0 Å². The van der Waals surface area contributed by atoms with Crippen LogP contribution in [-0.4, -0.2) is 31.7 Å². The van der Waals surface area contributed by atoms with Crippen LogP contribution >= 0.6 is 0 Å². The lowest BCUT2D eigenvalue weighted by atomic mass is 9.96. The molecule has 1 fully saturated rings. The van der Waals surface area contributed by atoms with Crippen LogP contribution in [0.25, 0.3) is 0 Å². The van der Waals surface area contributed by atoms with E-state index in [0.717, 1.165) is 25.9 Å². The highest BCUT2D eigenvalue weighted by Gasteiger charge is 2.20. The van der Waals surface area contributed by atoms with Crippen LogP contribution < -0.4 is 0 Å². The summed E-state index contributed by atoms with van der Waals surface area (Å²) in [5.41, 5.74) is 0. The van der Waals surface area contributed by atoms with Crippen molar-refractivity contribution in [3.05, 3.63) is 0 Å². The monoisotopic (exact) mass is 200 g/mol. The van der Waals surface area contributed by atoms with Gasteiger partial charge in [-0.1, -0.05) is 0 Å². The van der Waals surface area contributed by atoms with Crippen LogP contribution in [-0.2, 0) is 14.3 Å². The van der Waals surface area contributed by atoms with Gasteiger partial charge in [0.2, 0.25) is 0 Å². The van der Waals surface area contributed by atoms with E-state index in [2.05, 4.69) is 6.92 Å². The fraction of sp³-hybridized carbons (Fsp3) is 0.909. The molecule has 0 heterocycles. The maximum absolute atomic E-state index is 11.0. The molecule has 1 aliphatic carbocycles. The van der Waals surface area contributed by atoms with Crippen molar-refractivity contribution >= 4 is 5.78 Å². The first-order chi connectivity index (χ1) is 6.72. The number of ketones is 1. The molecular formula is C11H20O3. The molecule has 0 aliphatic heterocycles. The minimum absolute atomic E-state index is 0.244. The summed E-state index contributed by atoms with van der Waals surface area (Å²) >= 11 is 0. The topological polar surface area (TPSA) is 35.5 Å². The predicted molar refractivity (Wildman–Crippen MR) is 54.3 cm³/mol. The Balaban J connectivity index is 2.13. The Hall–Kier alpha value is -0.410. The molecule has 0 aromatic rings. The Morgan fingerprint density at radius 3 is 2.64 bits per heavy atom. The van der Waals surface area contributed by atoms with Crippen LogP contribution in [0.2, 0.25) is 0 Å². The van der Waals surface area contributed by atoms with Crippen molar-refractivity contribution < 1.29 is 14.3 Å². The van der Waals surface area contributed by atoms with E-state index >= 15 is 0 Å². The van der Waals surface area contributed by atoms with Gasteiger partial charge in [0.15, 0.2) is 0 Å². The smallest absolute Gasteiger partial charge is 0.133 e. The molecule has 0 saturated heterocycles. The number of carbonyl (C=O) groups excluding carboxylic acids is 1. The summed E-state index contributed by atoms with van der Waals surface area (Å²) in [7, 11) is 1.70. The third kappa shape index (κ3) is 4.20. The average Bonchev–Trinajstić information content (AvgIpc) is 2.18. The van der Waals surface area contributed by atoms with Gasteiger partial charge in [0.25, 0.3) is 0 Å². The fourth-order valence-electron chi connectivity index (χ4n) is 1.73. The quantitative estimate of drug-likeness (QED) is 0.680. The third-order valence-corrected chi connectivity index (χ3v) is 2.64. The van der Waals surface area contributed by atoms with E-state index in [1.54, 1.807) is 7.11 Å². The van der Waals surface area contributed by atoms with Crippen LogP contribution in [0.1, 0.15) is 39.0 Å². The number of hydrogen-bond acceptors (Lipinski definition) is 3. The Bertz CT molecular complexity index is 169. The molecule has 1 saturated carbocycles. The fourth-order valence-corrected chi connectivity index (χ4v) is 1.73.